The number of alkyl halides is 3. The molecule has 0 atom stereocenters. The Hall–Kier alpha value is -1.20. The highest BCUT2D eigenvalue weighted by Crippen LogP contribution is 2.16. The fourth-order valence-electron chi connectivity index (χ4n) is 0.403. The van der Waals surface area contributed by atoms with Crippen molar-refractivity contribution >= 4 is 6.09 Å². The van der Waals surface area contributed by atoms with Crippen molar-refractivity contribution in [1.29, 1.82) is 0 Å². The maximum Gasteiger partial charge on any atom is 0.411 e. The van der Waals surface area contributed by atoms with E-state index in [1.807, 2.05) is 0 Å². The third-order valence-corrected chi connectivity index (χ3v) is 0.816. The summed E-state index contributed by atoms with van der Waals surface area (Å²) in [5.41, 5.74) is 0. The fraction of sp³-hybridized carbons (Fsp3) is 0.400. The molecule has 0 saturated heterocycles. The van der Waals surface area contributed by atoms with Crippen LogP contribution < -0.4 is 0 Å². The Morgan fingerprint density at radius 2 is 2.09 bits per heavy atom. The first-order valence-corrected chi connectivity index (χ1v) is 2.55. The highest BCUT2D eigenvalue weighted by molar-refractivity contribution is 5.66. The van der Waals surface area contributed by atoms with Crippen molar-refractivity contribution < 1.29 is 23.1 Å². The van der Waals surface area contributed by atoms with Crippen LogP contribution in [0.3, 0.4) is 0 Å². The number of hydrogen-bond acceptors (Lipinski definition) is 1. The summed E-state index contributed by atoms with van der Waals surface area (Å²) in [6.45, 7) is 1.39. The molecule has 0 rings (SSSR count). The van der Waals surface area contributed by atoms with E-state index in [0.717, 1.165) is 0 Å². The minimum Gasteiger partial charge on any atom is -0.465 e. The van der Waals surface area contributed by atoms with E-state index in [1.54, 1.807) is 0 Å². The molecule has 0 heterocycles. The van der Waals surface area contributed by atoms with Gasteiger partial charge in [0.25, 0.3) is 0 Å². The normalized spacial score (nSPS) is 10.8. The molecular weight excluding hydrogens is 163 g/mol. The molecule has 0 aliphatic rings. The summed E-state index contributed by atoms with van der Waals surface area (Å²) in [5, 5.41) is 8.09. The highest BCUT2D eigenvalue weighted by atomic mass is 19.4. The summed E-state index contributed by atoms with van der Waals surface area (Å²) in [6, 6.07) is 0. The first-order valence-electron chi connectivity index (χ1n) is 2.55. The van der Waals surface area contributed by atoms with Crippen molar-refractivity contribution in [3.8, 4) is 0 Å². The van der Waals surface area contributed by atoms with Crippen molar-refractivity contribution in [1.82, 2.24) is 4.90 Å². The fourth-order valence-corrected chi connectivity index (χ4v) is 0.403. The van der Waals surface area contributed by atoms with Crippen LogP contribution >= 0.6 is 0 Å². The molecule has 0 aliphatic heterocycles. The van der Waals surface area contributed by atoms with E-state index < -0.39 is 18.8 Å². The predicted molar refractivity (Wildman–Crippen MR) is 31.0 cm³/mol. The molecule has 11 heavy (non-hydrogen) atoms. The number of carbonyl (C=O) groups is 1. The van der Waals surface area contributed by atoms with Gasteiger partial charge >= 0.3 is 12.3 Å². The third kappa shape index (κ3) is 4.24. The molecule has 6 heteroatoms. The summed E-state index contributed by atoms with van der Waals surface area (Å²) in [5.74, 6) is 0. The van der Waals surface area contributed by atoms with Gasteiger partial charge in [0.1, 0.15) is 6.54 Å². The molecule has 3 nitrogen and oxygen atoms in total. The predicted octanol–water partition coefficient (Wildman–Crippen LogP) is 1.67. The Bertz CT molecular complexity index is 166. The Morgan fingerprint density at radius 1 is 1.64 bits per heavy atom. The monoisotopic (exact) mass is 169 g/mol. The summed E-state index contributed by atoms with van der Waals surface area (Å²) in [4.78, 5) is 10.0. The maximum absolute atomic E-state index is 11.5. The third-order valence-electron chi connectivity index (χ3n) is 0.816. The summed E-state index contributed by atoms with van der Waals surface area (Å²) in [6.07, 6.45) is -5.58. The average Bonchev–Trinajstić information content (AvgIpc) is 1.80. The van der Waals surface area contributed by atoms with Crippen molar-refractivity contribution in [2.24, 2.45) is 0 Å². The lowest BCUT2D eigenvalue weighted by Crippen LogP contribution is -2.33. The molecule has 0 saturated carbocycles. The second-order valence-electron chi connectivity index (χ2n) is 1.71. The molecule has 0 fully saturated rings. The number of rotatable bonds is 2. The van der Waals surface area contributed by atoms with Gasteiger partial charge in [-0.1, -0.05) is 6.58 Å². The number of amides is 1. The SMILES string of the molecule is C=CN(CC(F)(F)F)C(=O)O. The molecule has 0 spiro atoms. The van der Waals surface area contributed by atoms with Gasteiger partial charge in [0.15, 0.2) is 0 Å². The average molecular weight is 169 g/mol. The molecule has 0 radical (unpaired) electrons. The van der Waals surface area contributed by atoms with Crippen LogP contribution in [0.25, 0.3) is 0 Å². The molecule has 0 aromatic rings. The minimum atomic E-state index is -4.52. The van der Waals surface area contributed by atoms with Gasteiger partial charge in [0.2, 0.25) is 0 Å². The van der Waals surface area contributed by atoms with Gasteiger partial charge in [0.05, 0.1) is 0 Å². The molecule has 1 N–H and O–H groups in total. The van der Waals surface area contributed by atoms with Crippen LogP contribution in [0.15, 0.2) is 12.8 Å². The molecular formula is C5H6F3NO2. The van der Waals surface area contributed by atoms with Crippen molar-refractivity contribution in [3.63, 3.8) is 0 Å². The van der Waals surface area contributed by atoms with E-state index in [2.05, 4.69) is 6.58 Å². The number of hydrogen-bond donors (Lipinski definition) is 1. The second kappa shape index (κ2) is 3.27. The number of carboxylic acid groups (broad SMARTS) is 1. The van der Waals surface area contributed by atoms with E-state index in [4.69, 9.17) is 5.11 Å². The van der Waals surface area contributed by atoms with Gasteiger partial charge in [-0.15, -0.1) is 0 Å². The van der Waals surface area contributed by atoms with Gasteiger partial charge < -0.3 is 5.11 Å². The van der Waals surface area contributed by atoms with Crippen LogP contribution in [0.5, 0.6) is 0 Å². The maximum atomic E-state index is 11.5. The van der Waals surface area contributed by atoms with Crippen LogP contribution in [0.1, 0.15) is 0 Å². The van der Waals surface area contributed by atoms with Crippen molar-refractivity contribution in [2.75, 3.05) is 6.54 Å². The summed E-state index contributed by atoms with van der Waals surface area (Å²) in [7, 11) is 0. The van der Waals surface area contributed by atoms with Crippen LogP contribution in [0.2, 0.25) is 0 Å². The zero-order chi connectivity index (χ0) is 9.07. The first kappa shape index (κ1) is 9.80. The molecule has 0 aromatic carbocycles. The molecule has 64 valence electrons. The number of halogens is 3. The minimum absolute atomic E-state index is 0.0556. The van der Waals surface area contributed by atoms with Gasteiger partial charge in [-0.2, -0.15) is 13.2 Å². The first-order chi connectivity index (χ1) is 4.87. The highest BCUT2D eigenvalue weighted by Gasteiger charge is 2.31. The summed E-state index contributed by atoms with van der Waals surface area (Å²) >= 11 is 0. The smallest absolute Gasteiger partial charge is 0.411 e. The quantitative estimate of drug-likeness (QED) is 0.683. The van der Waals surface area contributed by atoms with E-state index in [9.17, 15) is 18.0 Å². The van der Waals surface area contributed by atoms with Crippen LogP contribution in [-0.4, -0.2) is 28.8 Å². The Balaban J connectivity index is 4.10. The van der Waals surface area contributed by atoms with Crippen LogP contribution in [0, 0.1) is 0 Å². The van der Waals surface area contributed by atoms with Gasteiger partial charge in [-0.3, -0.25) is 4.90 Å². The van der Waals surface area contributed by atoms with Crippen LogP contribution in [-0.2, 0) is 0 Å². The molecule has 1 amide bonds. The topological polar surface area (TPSA) is 40.5 Å². The lowest BCUT2D eigenvalue weighted by atomic mass is 10.5. The molecule has 0 aliphatic carbocycles. The molecule has 0 bridgehead atoms. The lowest BCUT2D eigenvalue weighted by Gasteiger charge is -2.15. The van der Waals surface area contributed by atoms with Crippen molar-refractivity contribution in [3.05, 3.63) is 12.8 Å². The summed E-state index contributed by atoms with van der Waals surface area (Å²) < 4.78 is 34.5. The zero-order valence-corrected chi connectivity index (χ0v) is 5.43. The van der Waals surface area contributed by atoms with E-state index in [-0.39, 0.29) is 4.90 Å². The van der Waals surface area contributed by atoms with Gasteiger partial charge in [0, 0.05) is 6.20 Å². The Kier molecular flexibility index (Phi) is 2.91. The molecule has 0 unspecified atom stereocenters. The largest absolute Gasteiger partial charge is 0.465 e. The molecule has 0 aromatic heterocycles. The van der Waals surface area contributed by atoms with Crippen molar-refractivity contribution in [2.45, 2.75) is 6.18 Å². The van der Waals surface area contributed by atoms with E-state index in [1.165, 1.54) is 0 Å². The van der Waals surface area contributed by atoms with E-state index >= 15 is 0 Å². The Morgan fingerprint density at radius 3 is 2.18 bits per heavy atom. The standard InChI is InChI=1S/C5H6F3NO2/c1-2-9(4(10)11)3-5(6,7)8/h2H,1,3H2,(H,10,11). The zero-order valence-electron chi connectivity index (χ0n) is 5.43. The van der Waals surface area contributed by atoms with E-state index in [0.29, 0.717) is 6.20 Å². The lowest BCUT2D eigenvalue weighted by molar-refractivity contribution is -0.137. The van der Waals surface area contributed by atoms with Crippen LogP contribution in [0.4, 0.5) is 18.0 Å². The van der Waals surface area contributed by atoms with Gasteiger partial charge in [-0.05, 0) is 0 Å². The van der Waals surface area contributed by atoms with Gasteiger partial charge in [-0.25, -0.2) is 4.79 Å². The Labute approximate surface area is 60.7 Å². The second-order valence-corrected chi connectivity index (χ2v) is 1.71. The number of nitrogens with zero attached hydrogens (tertiary/aromatic N) is 1.